The number of rotatable bonds is 3. The van der Waals surface area contributed by atoms with Gasteiger partial charge in [-0.25, -0.2) is 9.36 Å². The van der Waals surface area contributed by atoms with E-state index in [0.717, 1.165) is 0 Å². The summed E-state index contributed by atoms with van der Waals surface area (Å²) in [4.78, 5) is 21.4. The zero-order valence-corrected chi connectivity index (χ0v) is 6.72. The summed E-state index contributed by atoms with van der Waals surface area (Å²) in [5.41, 5.74) is -0.813. The molecule has 8 nitrogen and oxygen atoms in total. The zero-order valence-electron chi connectivity index (χ0n) is 5.72. The maximum Gasteiger partial charge on any atom is 0.387 e. The SMILES string of the molecule is O=c1[nH]c(CO)nn1O[PH](=O)O. The van der Waals surface area contributed by atoms with E-state index in [0.29, 0.717) is 4.85 Å². The van der Waals surface area contributed by atoms with Gasteiger partial charge in [0, 0.05) is 0 Å². The summed E-state index contributed by atoms with van der Waals surface area (Å²) < 4.78 is 14.2. The highest BCUT2D eigenvalue weighted by Crippen LogP contribution is 2.06. The second kappa shape index (κ2) is 3.53. The Labute approximate surface area is 66.3 Å². The van der Waals surface area contributed by atoms with E-state index < -0.39 is 20.6 Å². The Bertz CT molecular complexity index is 342. The monoisotopic (exact) mass is 195 g/mol. The van der Waals surface area contributed by atoms with E-state index in [1.54, 1.807) is 0 Å². The molecule has 0 fully saturated rings. The second-order valence-electron chi connectivity index (χ2n) is 1.77. The molecular formula is C3H6N3O5P. The molecular weight excluding hydrogens is 189 g/mol. The summed E-state index contributed by atoms with van der Waals surface area (Å²) in [6.45, 7) is -0.474. The number of hydrogen-bond acceptors (Lipinski definition) is 5. The van der Waals surface area contributed by atoms with Crippen molar-refractivity contribution in [2.24, 2.45) is 0 Å². The van der Waals surface area contributed by atoms with Gasteiger partial charge in [0.05, 0.1) is 0 Å². The first-order chi connectivity index (χ1) is 5.63. The molecule has 1 unspecified atom stereocenters. The average Bonchev–Trinajstić information content (AvgIpc) is 2.31. The maximum absolute atomic E-state index is 10.7. The van der Waals surface area contributed by atoms with Crippen molar-refractivity contribution >= 4 is 8.25 Å². The highest BCUT2D eigenvalue weighted by atomic mass is 31.1. The Morgan fingerprint density at radius 3 is 2.83 bits per heavy atom. The molecule has 1 aromatic rings. The van der Waals surface area contributed by atoms with E-state index in [1.807, 2.05) is 0 Å². The molecule has 68 valence electrons. The van der Waals surface area contributed by atoms with Crippen LogP contribution in [0.3, 0.4) is 0 Å². The molecule has 0 amide bonds. The quantitative estimate of drug-likeness (QED) is 0.474. The topological polar surface area (TPSA) is 117 Å². The van der Waals surface area contributed by atoms with Gasteiger partial charge in [-0.05, 0) is 4.85 Å². The number of H-pyrrole nitrogens is 1. The molecule has 1 aromatic heterocycles. The van der Waals surface area contributed by atoms with E-state index in [-0.39, 0.29) is 5.82 Å². The fraction of sp³-hybridized carbons (Fsp3) is 0.333. The molecule has 1 atom stereocenters. The Morgan fingerprint density at radius 2 is 2.42 bits per heavy atom. The molecule has 0 aliphatic heterocycles. The van der Waals surface area contributed by atoms with Crippen molar-refractivity contribution in [3.8, 4) is 0 Å². The average molecular weight is 195 g/mol. The molecule has 0 aliphatic rings. The smallest absolute Gasteiger partial charge is 0.387 e. The summed E-state index contributed by atoms with van der Waals surface area (Å²) in [6, 6.07) is 0. The van der Waals surface area contributed by atoms with Crippen LogP contribution < -0.4 is 10.3 Å². The third-order valence-electron chi connectivity index (χ3n) is 0.951. The van der Waals surface area contributed by atoms with Crippen LogP contribution in [0.15, 0.2) is 4.79 Å². The van der Waals surface area contributed by atoms with Gasteiger partial charge < -0.3 is 14.6 Å². The second-order valence-corrected chi connectivity index (χ2v) is 2.48. The lowest BCUT2D eigenvalue weighted by Gasteiger charge is -1.94. The number of hydrogen-bond donors (Lipinski definition) is 3. The standard InChI is InChI=1S/C3H6N3O5P/c7-1-2-4-3(8)6(5-2)11-12(9)10/h7,12H,1H2,(H,9,10)(H,4,5,8). The summed E-state index contributed by atoms with van der Waals surface area (Å²) in [5, 5.41) is 11.8. The molecule has 0 bridgehead atoms. The van der Waals surface area contributed by atoms with Crippen LogP contribution in [0.25, 0.3) is 0 Å². The predicted molar refractivity (Wildman–Crippen MR) is 36.6 cm³/mol. The van der Waals surface area contributed by atoms with Crippen molar-refractivity contribution in [3.63, 3.8) is 0 Å². The first kappa shape index (κ1) is 8.98. The lowest BCUT2D eigenvalue weighted by atomic mass is 10.7. The fourth-order valence-corrected chi connectivity index (χ4v) is 0.830. The fourth-order valence-electron chi connectivity index (χ4n) is 0.558. The van der Waals surface area contributed by atoms with Gasteiger partial charge in [0.1, 0.15) is 6.61 Å². The third-order valence-corrected chi connectivity index (χ3v) is 1.28. The lowest BCUT2D eigenvalue weighted by molar-refractivity contribution is 0.200. The number of aromatic amines is 1. The zero-order chi connectivity index (χ0) is 9.14. The van der Waals surface area contributed by atoms with Gasteiger partial charge in [-0.1, -0.05) is 0 Å². The van der Waals surface area contributed by atoms with Crippen LogP contribution >= 0.6 is 8.25 Å². The van der Waals surface area contributed by atoms with E-state index >= 15 is 0 Å². The van der Waals surface area contributed by atoms with E-state index in [9.17, 15) is 9.36 Å². The van der Waals surface area contributed by atoms with Crippen LogP contribution in [0.5, 0.6) is 0 Å². The van der Waals surface area contributed by atoms with Gasteiger partial charge in [-0.2, -0.15) is 0 Å². The Kier molecular flexibility index (Phi) is 2.64. The van der Waals surface area contributed by atoms with Gasteiger partial charge in [0.2, 0.25) is 0 Å². The van der Waals surface area contributed by atoms with E-state index in [2.05, 4.69) is 14.7 Å². The third kappa shape index (κ3) is 1.94. The highest BCUT2D eigenvalue weighted by molar-refractivity contribution is 7.32. The first-order valence-electron chi connectivity index (χ1n) is 2.84. The van der Waals surface area contributed by atoms with Crippen molar-refractivity contribution in [2.75, 3.05) is 0 Å². The molecule has 1 rings (SSSR count). The van der Waals surface area contributed by atoms with Crippen LogP contribution in [-0.4, -0.2) is 24.9 Å². The minimum atomic E-state index is -3.25. The summed E-state index contributed by atoms with van der Waals surface area (Å²) in [5.74, 6) is -0.0387. The maximum atomic E-state index is 10.7. The van der Waals surface area contributed by atoms with Crippen LogP contribution in [0.2, 0.25) is 0 Å². The molecule has 0 spiro atoms. The molecule has 0 radical (unpaired) electrons. The molecule has 12 heavy (non-hydrogen) atoms. The van der Waals surface area contributed by atoms with Crippen LogP contribution in [0.4, 0.5) is 0 Å². The number of nitrogens with one attached hydrogen (secondary N) is 1. The lowest BCUT2D eigenvalue weighted by Crippen LogP contribution is -2.21. The van der Waals surface area contributed by atoms with Gasteiger partial charge in [-0.3, -0.25) is 4.98 Å². The van der Waals surface area contributed by atoms with Gasteiger partial charge >= 0.3 is 13.9 Å². The number of aliphatic hydroxyl groups is 1. The van der Waals surface area contributed by atoms with Crippen molar-refractivity contribution in [2.45, 2.75) is 6.61 Å². The molecule has 0 saturated heterocycles. The normalized spacial score (nSPS) is 12.8. The minimum absolute atomic E-state index is 0.0387. The first-order valence-corrected chi connectivity index (χ1v) is 4.10. The summed E-state index contributed by atoms with van der Waals surface area (Å²) >= 11 is 0. The number of aromatic nitrogens is 3. The van der Waals surface area contributed by atoms with Gasteiger partial charge in [-0.15, -0.1) is 5.10 Å². The van der Waals surface area contributed by atoms with Crippen LogP contribution in [-0.2, 0) is 11.2 Å². The van der Waals surface area contributed by atoms with Crippen molar-refractivity contribution in [1.29, 1.82) is 0 Å². The van der Waals surface area contributed by atoms with Crippen molar-refractivity contribution in [3.05, 3.63) is 16.3 Å². The minimum Gasteiger partial charge on any atom is -0.388 e. The van der Waals surface area contributed by atoms with Gasteiger partial charge in [0.25, 0.3) is 0 Å². The molecule has 0 aromatic carbocycles. The van der Waals surface area contributed by atoms with Crippen molar-refractivity contribution in [1.82, 2.24) is 14.9 Å². The number of nitrogens with zero attached hydrogens (tertiary/aromatic N) is 2. The Balaban J connectivity index is 2.92. The number of aliphatic hydroxyl groups excluding tert-OH is 1. The van der Waals surface area contributed by atoms with E-state index in [1.165, 1.54) is 0 Å². The van der Waals surface area contributed by atoms with E-state index in [4.69, 9.17) is 10.00 Å². The summed E-state index contributed by atoms with van der Waals surface area (Å²) in [7, 11) is -3.25. The molecule has 9 heteroatoms. The highest BCUT2D eigenvalue weighted by Gasteiger charge is 2.05. The molecule has 0 saturated carbocycles. The Hall–Kier alpha value is -1.11. The Morgan fingerprint density at radius 1 is 1.75 bits per heavy atom. The molecule has 3 N–H and O–H groups in total. The van der Waals surface area contributed by atoms with Gasteiger partial charge in [0.15, 0.2) is 5.82 Å². The molecule has 0 aliphatic carbocycles. The largest absolute Gasteiger partial charge is 0.388 e. The summed E-state index contributed by atoms with van der Waals surface area (Å²) in [6.07, 6.45) is 0. The van der Waals surface area contributed by atoms with Crippen LogP contribution in [0.1, 0.15) is 5.82 Å². The van der Waals surface area contributed by atoms with Crippen LogP contribution in [0, 0.1) is 0 Å². The predicted octanol–water partition coefficient (Wildman–Crippen LogP) is -2.13. The molecule has 1 heterocycles. The van der Waals surface area contributed by atoms with Crippen molar-refractivity contribution < 1.29 is 19.2 Å².